The molecule has 1 amide bonds. The van der Waals surface area contributed by atoms with E-state index in [-0.39, 0.29) is 30.4 Å². The Morgan fingerprint density at radius 3 is 2.73 bits per heavy atom. The average molecular weight is 403 g/mol. The van der Waals surface area contributed by atoms with Crippen LogP contribution in [0.15, 0.2) is 83.8 Å². The summed E-state index contributed by atoms with van der Waals surface area (Å²) in [5.74, 6) is -0.143. The molecule has 1 heterocycles. The first kappa shape index (κ1) is 19.3. The monoisotopic (exact) mass is 403 g/mol. The molecule has 7 heteroatoms. The van der Waals surface area contributed by atoms with E-state index in [4.69, 9.17) is 4.74 Å². The summed E-state index contributed by atoms with van der Waals surface area (Å²) >= 11 is 0. The Kier molecular flexibility index (Phi) is 5.52. The summed E-state index contributed by atoms with van der Waals surface area (Å²) in [6.45, 7) is 0.0593. The minimum atomic E-state index is -0.351. The molecular formula is C23H18FN3O3. The van der Waals surface area contributed by atoms with Crippen molar-refractivity contribution in [2.24, 2.45) is 0 Å². The summed E-state index contributed by atoms with van der Waals surface area (Å²) in [6.07, 6.45) is 1.20. The minimum Gasteiger partial charge on any atom is -0.489 e. The van der Waals surface area contributed by atoms with Gasteiger partial charge >= 0.3 is 0 Å². The van der Waals surface area contributed by atoms with Gasteiger partial charge in [0.1, 0.15) is 24.7 Å². The average Bonchev–Trinajstić information content (AvgIpc) is 2.75. The third-order valence-corrected chi connectivity index (χ3v) is 4.47. The number of rotatable bonds is 6. The lowest BCUT2D eigenvalue weighted by Gasteiger charge is -2.11. The molecule has 0 unspecified atom stereocenters. The van der Waals surface area contributed by atoms with Crippen LogP contribution < -0.4 is 15.6 Å². The molecule has 3 aromatic carbocycles. The number of para-hydroxylation sites is 2. The number of ether oxygens (including phenoxy) is 1. The van der Waals surface area contributed by atoms with Gasteiger partial charge in [-0.3, -0.25) is 14.2 Å². The smallest absolute Gasteiger partial charge is 0.269 e. The van der Waals surface area contributed by atoms with Gasteiger partial charge in [-0.2, -0.15) is 0 Å². The van der Waals surface area contributed by atoms with Crippen LogP contribution in [0.2, 0.25) is 0 Å². The zero-order chi connectivity index (χ0) is 20.9. The van der Waals surface area contributed by atoms with E-state index in [9.17, 15) is 14.0 Å². The van der Waals surface area contributed by atoms with Crippen LogP contribution in [0, 0.1) is 5.82 Å². The van der Waals surface area contributed by atoms with Crippen molar-refractivity contribution >= 4 is 22.6 Å². The highest BCUT2D eigenvalue weighted by molar-refractivity contribution is 5.91. The number of amides is 1. The molecule has 0 fully saturated rings. The van der Waals surface area contributed by atoms with Gasteiger partial charge in [0.15, 0.2) is 0 Å². The van der Waals surface area contributed by atoms with Crippen molar-refractivity contribution in [3.05, 3.63) is 101 Å². The number of hydrogen-bond donors (Lipinski definition) is 1. The highest BCUT2D eigenvalue weighted by atomic mass is 19.1. The minimum absolute atomic E-state index is 0.143. The van der Waals surface area contributed by atoms with Crippen LogP contribution in [0.1, 0.15) is 5.56 Å². The van der Waals surface area contributed by atoms with Crippen LogP contribution in [-0.4, -0.2) is 15.5 Å². The van der Waals surface area contributed by atoms with E-state index in [1.54, 1.807) is 54.6 Å². The number of carbonyl (C=O) groups excluding carboxylic acids is 1. The highest BCUT2D eigenvalue weighted by Gasteiger charge is 2.10. The van der Waals surface area contributed by atoms with Gasteiger partial charge in [0, 0.05) is 11.8 Å². The number of nitrogens with zero attached hydrogens (tertiary/aromatic N) is 2. The summed E-state index contributed by atoms with van der Waals surface area (Å²) < 4.78 is 20.3. The molecule has 0 aliphatic rings. The van der Waals surface area contributed by atoms with E-state index < -0.39 is 0 Å². The van der Waals surface area contributed by atoms with Gasteiger partial charge in [-0.25, -0.2) is 9.37 Å². The molecule has 0 saturated heterocycles. The van der Waals surface area contributed by atoms with Crippen molar-refractivity contribution in [2.45, 2.75) is 13.2 Å². The molecule has 30 heavy (non-hydrogen) atoms. The van der Waals surface area contributed by atoms with Crippen molar-refractivity contribution in [3.63, 3.8) is 0 Å². The first-order valence-electron chi connectivity index (χ1n) is 9.30. The predicted octanol–water partition coefficient (Wildman–Crippen LogP) is 3.75. The van der Waals surface area contributed by atoms with Crippen molar-refractivity contribution in [3.8, 4) is 5.75 Å². The molecule has 0 radical (unpaired) electrons. The van der Waals surface area contributed by atoms with E-state index in [1.165, 1.54) is 22.9 Å². The number of carbonyl (C=O) groups is 1. The molecule has 1 N–H and O–H groups in total. The topological polar surface area (TPSA) is 73.2 Å². The predicted molar refractivity (Wildman–Crippen MR) is 112 cm³/mol. The van der Waals surface area contributed by atoms with Crippen LogP contribution in [-0.2, 0) is 17.9 Å². The summed E-state index contributed by atoms with van der Waals surface area (Å²) in [7, 11) is 0. The van der Waals surface area contributed by atoms with Gasteiger partial charge in [0.25, 0.3) is 5.56 Å². The van der Waals surface area contributed by atoms with Gasteiger partial charge in [-0.05, 0) is 42.0 Å². The van der Waals surface area contributed by atoms with Gasteiger partial charge in [0.05, 0.1) is 17.2 Å². The Bertz CT molecular complexity index is 1270. The number of benzene rings is 3. The fourth-order valence-corrected chi connectivity index (χ4v) is 3.08. The molecule has 6 nitrogen and oxygen atoms in total. The number of fused-ring (bicyclic) bond motifs is 1. The van der Waals surface area contributed by atoms with Crippen molar-refractivity contribution in [2.75, 3.05) is 5.32 Å². The number of anilines is 1. The molecule has 4 rings (SSSR count). The van der Waals surface area contributed by atoms with Gasteiger partial charge < -0.3 is 10.1 Å². The van der Waals surface area contributed by atoms with Gasteiger partial charge in [0.2, 0.25) is 5.91 Å². The summed E-state index contributed by atoms with van der Waals surface area (Å²) in [5, 5.41) is 2.77. The molecule has 0 saturated carbocycles. The van der Waals surface area contributed by atoms with Crippen LogP contribution >= 0.6 is 0 Å². The molecule has 0 atom stereocenters. The van der Waals surface area contributed by atoms with Gasteiger partial charge in [-0.15, -0.1) is 0 Å². The van der Waals surface area contributed by atoms with Crippen molar-refractivity contribution in [1.82, 2.24) is 9.55 Å². The second-order valence-electron chi connectivity index (χ2n) is 6.67. The molecule has 4 aromatic rings. The van der Waals surface area contributed by atoms with Crippen LogP contribution in [0.25, 0.3) is 11.0 Å². The van der Waals surface area contributed by atoms with Gasteiger partial charge in [-0.1, -0.05) is 30.3 Å². The molecular weight excluding hydrogens is 385 g/mol. The van der Waals surface area contributed by atoms with E-state index in [2.05, 4.69) is 10.3 Å². The quantitative estimate of drug-likeness (QED) is 0.532. The molecule has 1 aromatic heterocycles. The maximum atomic E-state index is 13.3. The summed E-state index contributed by atoms with van der Waals surface area (Å²) in [5.41, 5.74) is 2.11. The molecule has 0 aliphatic carbocycles. The van der Waals surface area contributed by atoms with E-state index in [1.807, 2.05) is 6.07 Å². The van der Waals surface area contributed by atoms with Crippen LogP contribution in [0.5, 0.6) is 5.75 Å². The van der Waals surface area contributed by atoms with E-state index in [0.29, 0.717) is 28.0 Å². The number of halogens is 1. The molecule has 150 valence electrons. The lowest BCUT2D eigenvalue weighted by molar-refractivity contribution is -0.116. The summed E-state index contributed by atoms with van der Waals surface area (Å²) in [4.78, 5) is 28.8. The van der Waals surface area contributed by atoms with Crippen molar-refractivity contribution < 1.29 is 13.9 Å². The third kappa shape index (κ3) is 4.52. The Balaban J connectivity index is 1.45. The Morgan fingerprint density at radius 2 is 1.87 bits per heavy atom. The number of aromatic nitrogens is 2. The molecule has 0 spiro atoms. The van der Waals surface area contributed by atoms with Crippen molar-refractivity contribution in [1.29, 1.82) is 0 Å². The number of nitrogens with one attached hydrogen (secondary N) is 1. The van der Waals surface area contributed by atoms with Crippen LogP contribution in [0.4, 0.5) is 10.1 Å². The zero-order valence-corrected chi connectivity index (χ0v) is 15.9. The van der Waals surface area contributed by atoms with Crippen LogP contribution in [0.3, 0.4) is 0 Å². The first-order valence-corrected chi connectivity index (χ1v) is 9.30. The Hall–Kier alpha value is -4.00. The lowest BCUT2D eigenvalue weighted by Crippen LogP contribution is -2.27. The maximum Gasteiger partial charge on any atom is 0.269 e. The Morgan fingerprint density at radius 1 is 1.03 bits per heavy atom. The second-order valence-corrected chi connectivity index (χ2v) is 6.67. The maximum absolute atomic E-state index is 13.3. The number of hydrogen-bond acceptors (Lipinski definition) is 4. The molecule has 0 bridgehead atoms. The molecule has 0 aliphatic heterocycles. The standard InChI is InChI=1S/C23H18FN3O3/c24-17-6-3-5-16(11-17)15-30-19-8-4-7-18(12-19)26-22(28)14-27-21-10-2-1-9-20(21)25-13-23(27)29/h1-13H,14-15H2,(H,26,28). The first-order chi connectivity index (χ1) is 14.6. The summed E-state index contributed by atoms with van der Waals surface area (Å²) in [6, 6.07) is 20.2. The van der Waals surface area contributed by atoms with E-state index in [0.717, 1.165) is 0 Å². The fraction of sp³-hybridized carbons (Fsp3) is 0.0870. The normalized spacial score (nSPS) is 10.7. The highest BCUT2D eigenvalue weighted by Crippen LogP contribution is 2.19. The Labute approximate surface area is 171 Å². The SMILES string of the molecule is O=C(Cn1c(=O)cnc2ccccc21)Nc1cccc(OCc2cccc(F)c2)c1. The lowest BCUT2D eigenvalue weighted by atomic mass is 10.2. The second kappa shape index (κ2) is 8.57. The fourth-order valence-electron chi connectivity index (χ4n) is 3.08. The third-order valence-electron chi connectivity index (χ3n) is 4.47. The largest absolute Gasteiger partial charge is 0.489 e. The zero-order valence-electron chi connectivity index (χ0n) is 15.9. The van der Waals surface area contributed by atoms with E-state index >= 15 is 0 Å².